The molecule has 19 heavy (non-hydrogen) atoms. The van der Waals surface area contributed by atoms with Gasteiger partial charge < -0.3 is 10.0 Å². The van der Waals surface area contributed by atoms with Crippen LogP contribution in [0.15, 0.2) is 18.2 Å². The van der Waals surface area contributed by atoms with Gasteiger partial charge in [0.05, 0.1) is 6.61 Å². The molecule has 0 saturated heterocycles. The summed E-state index contributed by atoms with van der Waals surface area (Å²) in [5.74, 6) is 0.679. The van der Waals surface area contributed by atoms with Crippen molar-refractivity contribution in [2.75, 3.05) is 11.4 Å². The van der Waals surface area contributed by atoms with Crippen LogP contribution in [0.5, 0.6) is 0 Å². The Kier molecular flexibility index (Phi) is 4.87. The molecular formula is C17H27NO. The van der Waals surface area contributed by atoms with Crippen LogP contribution in [0.1, 0.15) is 50.7 Å². The summed E-state index contributed by atoms with van der Waals surface area (Å²) >= 11 is 0. The van der Waals surface area contributed by atoms with Crippen LogP contribution in [0.4, 0.5) is 5.69 Å². The fraction of sp³-hybridized carbons (Fsp3) is 0.647. The van der Waals surface area contributed by atoms with Crippen molar-refractivity contribution in [2.45, 2.75) is 59.1 Å². The zero-order valence-corrected chi connectivity index (χ0v) is 12.5. The highest BCUT2D eigenvalue weighted by atomic mass is 16.3. The van der Waals surface area contributed by atoms with Gasteiger partial charge in [0, 0.05) is 18.3 Å². The Labute approximate surface area is 117 Å². The lowest BCUT2D eigenvalue weighted by Crippen LogP contribution is -2.36. The Morgan fingerprint density at radius 2 is 1.95 bits per heavy atom. The molecule has 0 radical (unpaired) electrons. The van der Waals surface area contributed by atoms with E-state index in [-0.39, 0.29) is 6.61 Å². The molecule has 2 nitrogen and oxygen atoms in total. The van der Waals surface area contributed by atoms with Gasteiger partial charge in [0.1, 0.15) is 0 Å². The molecule has 1 saturated carbocycles. The second-order valence-corrected chi connectivity index (χ2v) is 6.25. The van der Waals surface area contributed by atoms with Crippen molar-refractivity contribution in [2.24, 2.45) is 5.92 Å². The van der Waals surface area contributed by atoms with Gasteiger partial charge in [0.15, 0.2) is 0 Å². The van der Waals surface area contributed by atoms with Gasteiger partial charge in [-0.2, -0.15) is 0 Å². The number of aliphatic hydroxyl groups excluding tert-OH is 1. The maximum Gasteiger partial charge on any atom is 0.0684 e. The number of hydrogen-bond donors (Lipinski definition) is 1. The van der Waals surface area contributed by atoms with Gasteiger partial charge in [-0.15, -0.1) is 0 Å². The second kappa shape index (κ2) is 6.42. The Bertz CT molecular complexity index is 408. The normalized spacial score (nSPS) is 16.3. The molecular weight excluding hydrogens is 234 g/mol. The summed E-state index contributed by atoms with van der Waals surface area (Å²) in [4.78, 5) is 2.59. The lowest BCUT2D eigenvalue weighted by Gasteiger charge is -2.33. The molecule has 0 heterocycles. The molecule has 1 aromatic carbocycles. The van der Waals surface area contributed by atoms with Crippen molar-refractivity contribution >= 4 is 5.69 Å². The van der Waals surface area contributed by atoms with Crippen molar-refractivity contribution < 1.29 is 5.11 Å². The fourth-order valence-corrected chi connectivity index (χ4v) is 3.11. The second-order valence-electron chi connectivity index (χ2n) is 6.25. The topological polar surface area (TPSA) is 23.5 Å². The first-order chi connectivity index (χ1) is 9.11. The number of aliphatic hydroxyl groups is 1. The van der Waals surface area contributed by atoms with Crippen LogP contribution < -0.4 is 4.90 Å². The Hall–Kier alpha value is -1.02. The molecule has 0 spiro atoms. The van der Waals surface area contributed by atoms with Gasteiger partial charge in [-0.1, -0.05) is 32.8 Å². The lowest BCUT2D eigenvalue weighted by molar-refractivity contribution is 0.281. The van der Waals surface area contributed by atoms with E-state index < -0.39 is 0 Å². The molecule has 1 aromatic rings. The van der Waals surface area contributed by atoms with E-state index in [2.05, 4.69) is 43.9 Å². The van der Waals surface area contributed by atoms with Crippen LogP contribution in [0.2, 0.25) is 0 Å². The third-order valence-electron chi connectivity index (χ3n) is 4.16. The van der Waals surface area contributed by atoms with Crippen LogP contribution in [0, 0.1) is 12.8 Å². The van der Waals surface area contributed by atoms with E-state index in [1.165, 1.54) is 36.9 Å². The minimum absolute atomic E-state index is 0.139. The average Bonchev–Trinajstić information content (AvgIpc) is 2.89. The summed E-state index contributed by atoms with van der Waals surface area (Å²) in [6.07, 6.45) is 5.39. The lowest BCUT2D eigenvalue weighted by atomic mass is 10.0. The zero-order valence-electron chi connectivity index (χ0n) is 12.5. The maximum absolute atomic E-state index is 9.29. The molecule has 0 aliphatic heterocycles. The summed E-state index contributed by atoms with van der Waals surface area (Å²) < 4.78 is 0. The summed E-state index contributed by atoms with van der Waals surface area (Å²) in [6.45, 7) is 7.94. The van der Waals surface area contributed by atoms with E-state index in [0.29, 0.717) is 12.0 Å². The Balaban J connectivity index is 2.23. The van der Waals surface area contributed by atoms with E-state index in [0.717, 1.165) is 12.1 Å². The summed E-state index contributed by atoms with van der Waals surface area (Å²) in [6, 6.07) is 7.21. The largest absolute Gasteiger partial charge is 0.392 e. The predicted octanol–water partition coefficient (Wildman–Crippen LogP) is 3.89. The smallest absolute Gasteiger partial charge is 0.0684 e. The van der Waals surface area contributed by atoms with Crippen LogP contribution in [-0.2, 0) is 6.61 Å². The van der Waals surface area contributed by atoms with Crippen molar-refractivity contribution in [1.29, 1.82) is 0 Å². The molecule has 0 amide bonds. The molecule has 1 fully saturated rings. The maximum atomic E-state index is 9.29. The van der Waals surface area contributed by atoms with Crippen LogP contribution in [-0.4, -0.2) is 17.7 Å². The van der Waals surface area contributed by atoms with Crippen LogP contribution >= 0.6 is 0 Å². The molecule has 2 heteroatoms. The molecule has 1 aliphatic carbocycles. The molecule has 0 aromatic heterocycles. The van der Waals surface area contributed by atoms with Crippen molar-refractivity contribution in [3.63, 3.8) is 0 Å². The van der Waals surface area contributed by atoms with Crippen LogP contribution in [0.3, 0.4) is 0 Å². The number of hydrogen-bond acceptors (Lipinski definition) is 2. The molecule has 0 bridgehead atoms. The first-order valence-electron chi connectivity index (χ1n) is 7.59. The highest BCUT2D eigenvalue weighted by Gasteiger charge is 2.23. The first kappa shape index (κ1) is 14.4. The quantitative estimate of drug-likeness (QED) is 0.869. The standard InChI is InChI=1S/C17H27NO/c1-13(2)11-18(16-6-4-5-7-16)17-9-8-15(12-19)14(3)10-17/h8-10,13,16,19H,4-7,11-12H2,1-3H3. The third kappa shape index (κ3) is 3.50. The van der Waals surface area contributed by atoms with Gasteiger partial charge >= 0.3 is 0 Å². The zero-order chi connectivity index (χ0) is 13.8. The predicted molar refractivity (Wildman–Crippen MR) is 81.5 cm³/mol. The van der Waals surface area contributed by atoms with Crippen molar-refractivity contribution in [3.8, 4) is 0 Å². The monoisotopic (exact) mass is 261 g/mol. The van der Waals surface area contributed by atoms with Gasteiger partial charge in [-0.05, 0) is 48.9 Å². The third-order valence-corrected chi connectivity index (χ3v) is 4.16. The highest BCUT2D eigenvalue weighted by Crippen LogP contribution is 2.30. The number of nitrogens with zero attached hydrogens (tertiary/aromatic N) is 1. The summed E-state index contributed by atoms with van der Waals surface area (Å²) in [5, 5.41) is 9.29. The van der Waals surface area contributed by atoms with E-state index in [9.17, 15) is 5.11 Å². The molecule has 2 rings (SSSR count). The van der Waals surface area contributed by atoms with E-state index >= 15 is 0 Å². The van der Waals surface area contributed by atoms with E-state index in [4.69, 9.17) is 0 Å². The van der Waals surface area contributed by atoms with Gasteiger partial charge in [0.25, 0.3) is 0 Å². The number of rotatable bonds is 5. The molecule has 0 atom stereocenters. The molecule has 106 valence electrons. The van der Waals surface area contributed by atoms with Crippen molar-refractivity contribution in [1.82, 2.24) is 0 Å². The van der Waals surface area contributed by atoms with Gasteiger partial charge in [-0.25, -0.2) is 0 Å². The number of benzene rings is 1. The average molecular weight is 261 g/mol. The first-order valence-corrected chi connectivity index (χ1v) is 7.59. The Morgan fingerprint density at radius 3 is 2.47 bits per heavy atom. The number of anilines is 1. The highest BCUT2D eigenvalue weighted by molar-refractivity contribution is 5.51. The van der Waals surface area contributed by atoms with Crippen molar-refractivity contribution in [3.05, 3.63) is 29.3 Å². The molecule has 0 unspecified atom stereocenters. The minimum atomic E-state index is 0.139. The molecule has 1 N–H and O–H groups in total. The SMILES string of the molecule is Cc1cc(N(CC(C)C)C2CCCC2)ccc1CO. The molecule has 1 aliphatic rings. The van der Waals surface area contributed by atoms with Gasteiger partial charge in [0.2, 0.25) is 0 Å². The number of aryl methyl sites for hydroxylation is 1. The van der Waals surface area contributed by atoms with E-state index in [1.54, 1.807) is 0 Å². The minimum Gasteiger partial charge on any atom is -0.392 e. The van der Waals surface area contributed by atoms with E-state index in [1.807, 2.05) is 0 Å². The summed E-state index contributed by atoms with van der Waals surface area (Å²) in [5.41, 5.74) is 3.57. The van der Waals surface area contributed by atoms with Gasteiger partial charge in [-0.3, -0.25) is 0 Å². The fourth-order valence-electron chi connectivity index (χ4n) is 3.11. The van der Waals surface area contributed by atoms with Crippen LogP contribution in [0.25, 0.3) is 0 Å². The Morgan fingerprint density at radius 1 is 1.26 bits per heavy atom. The summed E-state index contributed by atoms with van der Waals surface area (Å²) in [7, 11) is 0.